The van der Waals surface area contributed by atoms with Gasteiger partial charge in [-0.25, -0.2) is 0 Å². The molecule has 6 heteroatoms. The minimum Gasteiger partial charge on any atom is -0.396 e. The SMILES string of the molecule is OCCSc1nnc(NCCc2ccccc2)s1. The maximum atomic E-state index is 8.72. The van der Waals surface area contributed by atoms with E-state index in [-0.39, 0.29) is 6.61 Å². The number of hydrogen-bond acceptors (Lipinski definition) is 6. The van der Waals surface area contributed by atoms with Crippen LogP contribution < -0.4 is 5.32 Å². The van der Waals surface area contributed by atoms with Gasteiger partial charge in [-0.05, 0) is 12.0 Å². The topological polar surface area (TPSA) is 58.0 Å². The summed E-state index contributed by atoms with van der Waals surface area (Å²) >= 11 is 3.05. The van der Waals surface area contributed by atoms with Gasteiger partial charge in [-0.15, -0.1) is 10.2 Å². The molecule has 0 spiro atoms. The molecule has 0 aliphatic carbocycles. The van der Waals surface area contributed by atoms with Crippen molar-refractivity contribution in [2.24, 2.45) is 0 Å². The lowest BCUT2D eigenvalue weighted by molar-refractivity contribution is 0.322. The summed E-state index contributed by atoms with van der Waals surface area (Å²) in [5.41, 5.74) is 1.31. The Hall–Kier alpha value is -1.11. The van der Waals surface area contributed by atoms with Gasteiger partial charge in [-0.3, -0.25) is 0 Å². The zero-order valence-corrected chi connectivity index (χ0v) is 11.5. The molecule has 1 aromatic carbocycles. The van der Waals surface area contributed by atoms with E-state index in [0.717, 1.165) is 22.4 Å². The third kappa shape index (κ3) is 4.29. The van der Waals surface area contributed by atoms with Crippen LogP contribution in [0.4, 0.5) is 5.13 Å². The van der Waals surface area contributed by atoms with Crippen molar-refractivity contribution in [3.05, 3.63) is 35.9 Å². The van der Waals surface area contributed by atoms with Gasteiger partial charge in [-0.1, -0.05) is 53.4 Å². The Kier molecular flexibility index (Phi) is 5.44. The normalized spacial score (nSPS) is 10.5. The molecule has 0 saturated carbocycles. The molecule has 0 saturated heterocycles. The van der Waals surface area contributed by atoms with Gasteiger partial charge in [0.05, 0.1) is 6.61 Å². The zero-order valence-electron chi connectivity index (χ0n) is 9.87. The lowest BCUT2D eigenvalue weighted by Gasteiger charge is -2.01. The molecule has 2 rings (SSSR count). The number of aliphatic hydroxyl groups is 1. The van der Waals surface area contributed by atoms with Gasteiger partial charge in [0.15, 0.2) is 4.34 Å². The number of rotatable bonds is 7. The third-order valence-electron chi connectivity index (χ3n) is 2.26. The van der Waals surface area contributed by atoms with Crippen LogP contribution in [0.3, 0.4) is 0 Å². The summed E-state index contributed by atoms with van der Waals surface area (Å²) < 4.78 is 0.895. The van der Waals surface area contributed by atoms with Crippen LogP contribution in [-0.2, 0) is 6.42 Å². The first-order chi connectivity index (χ1) is 8.88. The first-order valence-corrected chi connectivity index (χ1v) is 7.53. The average molecular weight is 281 g/mol. The number of aromatic nitrogens is 2. The van der Waals surface area contributed by atoms with Gasteiger partial charge in [0.25, 0.3) is 0 Å². The molecule has 2 aromatic rings. The first-order valence-electron chi connectivity index (χ1n) is 5.73. The summed E-state index contributed by atoms with van der Waals surface area (Å²) in [7, 11) is 0. The molecule has 18 heavy (non-hydrogen) atoms. The molecular formula is C12H15N3OS2. The van der Waals surface area contributed by atoms with Gasteiger partial charge in [0, 0.05) is 12.3 Å². The van der Waals surface area contributed by atoms with Gasteiger partial charge >= 0.3 is 0 Å². The lowest BCUT2D eigenvalue weighted by Crippen LogP contribution is -2.04. The Morgan fingerprint density at radius 3 is 2.83 bits per heavy atom. The van der Waals surface area contributed by atoms with Crippen molar-refractivity contribution >= 4 is 28.2 Å². The number of thioether (sulfide) groups is 1. The van der Waals surface area contributed by atoms with Crippen molar-refractivity contribution in [2.75, 3.05) is 24.2 Å². The summed E-state index contributed by atoms with van der Waals surface area (Å²) in [6.45, 7) is 1.02. The number of aliphatic hydroxyl groups excluding tert-OH is 1. The highest BCUT2D eigenvalue weighted by Gasteiger charge is 2.03. The molecular weight excluding hydrogens is 266 g/mol. The van der Waals surface area contributed by atoms with Crippen LogP contribution in [-0.4, -0.2) is 34.2 Å². The molecule has 2 N–H and O–H groups in total. The van der Waals surface area contributed by atoms with E-state index >= 15 is 0 Å². The van der Waals surface area contributed by atoms with Crippen LogP contribution in [0.1, 0.15) is 5.56 Å². The number of anilines is 1. The second kappa shape index (κ2) is 7.35. The molecule has 0 aliphatic rings. The molecule has 0 bridgehead atoms. The molecule has 96 valence electrons. The van der Waals surface area contributed by atoms with E-state index in [0.29, 0.717) is 5.75 Å². The van der Waals surface area contributed by atoms with Crippen molar-refractivity contribution in [1.29, 1.82) is 0 Å². The Labute approximate surface area is 114 Å². The van der Waals surface area contributed by atoms with Crippen LogP contribution in [0.2, 0.25) is 0 Å². The molecule has 1 heterocycles. The molecule has 0 aliphatic heterocycles. The second-order valence-electron chi connectivity index (χ2n) is 3.61. The summed E-state index contributed by atoms with van der Waals surface area (Å²) in [6, 6.07) is 10.3. The van der Waals surface area contributed by atoms with Crippen molar-refractivity contribution in [3.8, 4) is 0 Å². The highest BCUT2D eigenvalue weighted by molar-refractivity contribution is 8.01. The molecule has 0 unspecified atom stereocenters. The van der Waals surface area contributed by atoms with E-state index < -0.39 is 0 Å². The zero-order chi connectivity index (χ0) is 12.6. The largest absolute Gasteiger partial charge is 0.396 e. The van der Waals surface area contributed by atoms with Crippen molar-refractivity contribution in [3.63, 3.8) is 0 Å². The molecule has 0 radical (unpaired) electrons. The van der Waals surface area contributed by atoms with E-state index in [1.54, 1.807) is 0 Å². The number of nitrogens with zero attached hydrogens (tertiary/aromatic N) is 2. The predicted molar refractivity (Wildman–Crippen MR) is 76.4 cm³/mol. The molecule has 0 fully saturated rings. The maximum Gasteiger partial charge on any atom is 0.206 e. The Morgan fingerprint density at radius 1 is 1.22 bits per heavy atom. The average Bonchev–Trinajstić information content (AvgIpc) is 2.85. The van der Waals surface area contributed by atoms with Crippen LogP contribution in [0, 0.1) is 0 Å². The highest BCUT2D eigenvalue weighted by atomic mass is 32.2. The van der Waals surface area contributed by atoms with Gasteiger partial charge in [0.2, 0.25) is 5.13 Å². The van der Waals surface area contributed by atoms with E-state index in [1.807, 2.05) is 18.2 Å². The summed E-state index contributed by atoms with van der Waals surface area (Å²) in [5, 5.41) is 20.9. The highest BCUT2D eigenvalue weighted by Crippen LogP contribution is 2.24. The quantitative estimate of drug-likeness (QED) is 0.763. The van der Waals surface area contributed by atoms with Gasteiger partial charge in [0.1, 0.15) is 0 Å². The van der Waals surface area contributed by atoms with Crippen LogP contribution in [0.15, 0.2) is 34.7 Å². The van der Waals surface area contributed by atoms with Gasteiger partial charge in [-0.2, -0.15) is 0 Å². The molecule has 1 aromatic heterocycles. The molecule has 0 atom stereocenters. The maximum absolute atomic E-state index is 8.72. The number of benzene rings is 1. The Morgan fingerprint density at radius 2 is 2.06 bits per heavy atom. The summed E-state index contributed by atoms with van der Waals surface area (Å²) in [5.74, 6) is 0.665. The van der Waals surface area contributed by atoms with Crippen molar-refractivity contribution < 1.29 is 5.11 Å². The minimum absolute atomic E-state index is 0.168. The third-order valence-corrected chi connectivity index (χ3v) is 4.25. The van der Waals surface area contributed by atoms with E-state index in [2.05, 4.69) is 27.6 Å². The number of hydrogen-bond donors (Lipinski definition) is 2. The minimum atomic E-state index is 0.168. The van der Waals surface area contributed by atoms with Crippen LogP contribution >= 0.6 is 23.1 Å². The summed E-state index contributed by atoms with van der Waals surface area (Å²) in [6.07, 6.45) is 0.972. The molecule has 4 nitrogen and oxygen atoms in total. The van der Waals surface area contributed by atoms with Gasteiger partial charge < -0.3 is 10.4 Å². The van der Waals surface area contributed by atoms with E-state index in [1.165, 1.54) is 28.7 Å². The Balaban J connectivity index is 1.75. The van der Waals surface area contributed by atoms with Crippen molar-refractivity contribution in [2.45, 2.75) is 10.8 Å². The van der Waals surface area contributed by atoms with E-state index in [9.17, 15) is 0 Å². The fourth-order valence-corrected chi connectivity index (χ4v) is 3.02. The van der Waals surface area contributed by atoms with E-state index in [4.69, 9.17) is 5.11 Å². The lowest BCUT2D eigenvalue weighted by atomic mass is 10.2. The predicted octanol–water partition coefficient (Wildman–Crippen LogP) is 2.28. The standard InChI is InChI=1S/C12H15N3OS2/c16-8-9-17-12-15-14-11(18-12)13-7-6-10-4-2-1-3-5-10/h1-5,16H,6-9H2,(H,13,14). The van der Waals surface area contributed by atoms with Crippen LogP contribution in [0.25, 0.3) is 0 Å². The van der Waals surface area contributed by atoms with Crippen LogP contribution in [0.5, 0.6) is 0 Å². The molecule has 0 amide bonds. The fourth-order valence-electron chi connectivity index (χ4n) is 1.43. The monoisotopic (exact) mass is 281 g/mol. The number of nitrogens with one attached hydrogen (secondary N) is 1. The summed E-state index contributed by atoms with van der Waals surface area (Å²) in [4.78, 5) is 0. The second-order valence-corrected chi connectivity index (χ2v) is 5.93. The first kappa shape index (κ1) is 13.3. The fraction of sp³-hybridized carbons (Fsp3) is 0.333. The smallest absolute Gasteiger partial charge is 0.206 e. The van der Waals surface area contributed by atoms with Crippen molar-refractivity contribution in [1.82, 2.24) is 10.2 Å². The Bertz CT molecular complexity index is 461.